The summed E-state index contributed by atoms with van der Waals surface area (Å²) in [4.78, 5) is 12.2. The number of urea groups is 1. The van der Waals surface area contributed by atoms with Crippen molar-refractivity contribution in [2.45, 2.75) is 25.9 Å². The van der Waals surface area contributed by atoms with Crippen molar-refractivity contribution in [2.75, 3.05) is 0 Å². The quantitative estimate of drug-likeness (QED) is 0.778. The van der Waals surface area contributed by atoms with Crippen LogP contribution in [0.3, 0.4) is 0 Å². The molecule has 0 spiro atoms. The second kappa shape index (κ2) is 6.48. The van der Waals surface area contributed by atoms with Gasteiger partial charge in [-0.25, -0.2) is 4.79 Å². The van der Waals surface area contributed by atoms with Gasteiger partial charge in [-0.1, -0.05) is 36.4 Å². The van der Waals surface area contributed by atoms with Gasteiger partial charge in [0.2, 0.25) is 0 Å². The fourth-order valence-electron chi connectivity index (χ4n) is 2.48. The third kappa shape index (κ3) is 3.31. The first-order valence-electron chi connectivity index (χ1n) is 7.57. The van der Waals surface area contributed by atoms with E-state index in [1.54, 1.807) is 0 Å². The van der Waals surface area contributed by atoms with E-state index in [0.717, 1.165) is 11.2 Å². The lowest BCUT2D eigenvalue weighted by Gasteiger charge is -2.17. The Hall–Kier alpha value is -2.89. The van der Waals surface area contributed by atoms with Crippen molar-refractivity contribution in [3.63, 3.8) is 0 Å². The molecular weight excluding hydrogens is 290 g/mol. The number of nitrogens with one attached hydrogen (secondary N) is 2. The van der Waals surface area contributed by atoms with Crippen LogP contribution >= 0.6 is 0 Å². The molecule has 2 heterocycles. The van der Waals surface area contributed by atoms with Crippen LogP contribution in [0.1, 0.15) is 37.3 Å². The first kappa shape index (κ1) is 15.0. The summed E-state index contributed by atoms with van der Waals surface area (Å²) in [6.45, 7) is 3.84. The maximum absolute atomic E-state index is 12.2. The standard InChI is InChI=1S/C17H19N5O/c1-12(14-8-4-3-5-9-14)18-17(23)19-13(2)16-21-20-15-10-6-7-11-22(15)16/h3-13H,1-2H3,(H2,18,19,23). The van der Waals surface area contributed by atoms with Gasteiger partial charge in [-0.2, -0.15) is 0 Å². The highest BCUT2D eigenvalue weighted by Crippen LogP contribution is 2.13. The highest BCUT2D eigenvalue weighted by molar-refractivity contribution is 5.74. The number of aromatic nitrogens is 3. The molecule has 0 bridgehead atoms. The second-order valence-corrected chi connectivity index (χ2v) is 5.46. The Morgan fingerprint density at radius 1 is 0.957 bits per heavy atom. The summed E-state index contributed by atoms with van der Waals surface area (Å²) in [5, 5.41) is 14.1. The van der Waals surface area contributed by atoms with Crippen LogP contribution < -0.4 is 10.6 Å². The van der Waals surface area contributed by atoms with Crippen LogP contribution in [-0.4, -0.2) is 20.6 Å². The maximum atomic E-state index is 12.2. The summed E-state index contributed by atoms with van der Waals surface area (Å²) in [5.41, 5.74) is 1.82. The highest BCUT2D eigenvalue weighted by atomic mass is 16.2. The SMILES string of the molecule is CC(NC(=O)NC(C)c1nnc2ccccn12)c1ccccc1. The smallest absolute Gasteiger partial charge is 0.315 e. The van der Waals surface area contributed by atoms with Gasteiger partial charge in [-0.05, 0) is 31.5 Å². The van der Waals surface area contributed by atoms with Gasteiger partial charge < -0.3 is 10.6 Å². The Morgan fingerprint density at radius 3 is 2.43 bits per heavy atom. The van der Waals surface area contributed by atoms with Crippen LogP contribution in [-0.2, 0) is 0 Å². The average molecular weight is 309 g/mol. The third-order valence-corrected chi connectivity index (χ3v) is 3.72. The van der Waals surface area contributed by atoms with Gasteiger partial charge in [0.25, 0.3) is 0 Å². The van der Waals surface area contributed by atoms with Crippen molar-refractivity contribution < 1.29 is 4.79 Å². The number of pyridine rings is 1. The predicted molar refractivity (Wildman–Crippen MR) is 87.9 cm³/mol. The molecule has 0 radical (unpaired) electrons. The Kier molecular flexibility index (Phi) is 4.23. The van der Waals surface area contributed by atoms with Crippen LogP contribution in [0.4, 0.5) is 4.79 Å². The molecule has 3 rings (SSSR count). The summed E-state index contributed by atoms with van der Waals surface area (Å²) >= 11 is 0. The van der Waals surface area contributed by atoms with Crippen LogP contribution in [0.15, 0.2) is 54.7 Å². The monoisotopic (exact) mass is 309 g/mol. The Morgan fingerprint density at radius 2 is 1.65 bits per heavy atom. The van der Waals surface area contributed by atoms with Crippen LogP contribution in [0, 0.1) is 0 Å². The van der Waals surface area contributed by atoms with Gasteiger partial charge in [0.1, 0.15) is 0 Å². The van der Waals surface area contributed by atoms with E-state index >= 15 is 0 Å². The first-order chi connectivity index (χ1) is 11.1. The fourth-order valence-corrected chi connectivity index (χ4v) is 2.48. The van der Waals surface area contributed by atoms with Crippen molar-refractivity contribution in [3.8, 4) is 0 Å². The molecule has 2 unspecified atom stereocenters. The van der Waals surface area contributed by atoms with E-state index in [9.17, 15) is 4.79 Å². The molecule has 0 aliphatic carbocycles. The number of carbonyl (C=O) groups is 1. The fraction of sp³-hybridized carbons (Fsp3) is 0.235. The van der Waals surface area contributed by atoms with E-state index < -0.39 is 0 Å². The summed E-state index contributed by atoms with van der Waals surface area (Å²) in [6.07, 6.45) is 1.88. The molecule has 6 nitrogen and oxygen atoms in total. The minimum Gasteiger partial charge on any atom is -0.332 e. The number of fused-ring (bicyclic) bond motifs is 1. The first-order valence-corrected chi connectivity index (χ1v) is 7.57. The molecule has 0 aliphatic rings. The van der Waals surface area contributed by atoms with Crippen LogP contribution in [0.2, 0.25) is 0 Å². The van der Waals surface area contributed by atoms with Crippen molar-refractivity contribution in [2.24, 2.45) is 0 Å². The molecule has 3 aromatic rings. The average Bonchev–Trinajstić information content (AvgIpc) is 2.99. The highest BCUT2D eigenvalue weighted by Gasteiger charge is 2.17. The molecule has 118 valence electrons. The third-order valence-electron chi connectivity index (χ3n) is 3.72. The number of hydrogen-bond donors (Lipinski definition) is 2. The summed E-state index contributed by atoms with van der Waals surface area (Å²) in [5.74, 6) is 0.697. The molecule has 2 N–H and O–H groups in total. The zero-order valence-electron chi connectivity index (χ0n) is 13.1. The van der Waals surface area contributed by atoms with Crippen molar-refractivity contribution in [1.82, 2.24) is 25.2 Å². The molecule has 2 atom stereocenters. The maximum Gasteiger partial charge on any atom is 0.315 e. The van der Waals surface area contributed by atoms with Crippen molar-refractivity contribution >= 4 is 11.7 Å². The van der Waals surface area contributed by atoms with Crippen LogP contribution in [0.5, 0.6) is 0 Å². The van der Waals surface area contributed by atoms with E-state index in [1.807, 2.05) is 73.0 Å². The Balaban J connectivity index is 1.65. The molecule has 6 heteroatoms. The van der Waals surface area contributed by atoms with E-state index in [1.165, 1.54) is 0 Å². The van der Waals surface area contributed by atoms with E-state index in [0.29, 0.717) is 5.82 Å². The molecule has 2 aromatic heterocycles. The van der Waals surface area contributed by atoms with Gasteiger partial charge in [-0.3, -0.25) is 4.40 Å². The molecule has 0 fully saturated rings. The normalized spacial score (nSPS) is 13.5. The molecule has 2 amide bonds. The van der Waals surface area contributed by atoms with E-state index in [-0.39, 0.29) is 18.1 Å². The lowest BCUT2D eigenvalue weighted by molar-refractivity contribution is 0.234. The van der Waals surface area contributed by atoms with Gasteiger partial charge in [0.15, 0.2) is 11.5 Å². The molecule has 23 heavy (non-hydrogen) atoms. The number of carbonyl (C=O) groups excluding carboxylic acids is 1. The largest absolute Gasteiger partial charge is 0.332 e. The van der Waals surface area contributed by atoms with Crippen molar-refractivity contribution in [1.29, 1.82) is 0 Å². The minimum absolute atomic E-state index is 0.0708. The zero-order valence-corrected chi connectivity index (χ0v) is 13.1. The molecule has 0 aliphatic heterocycles. The predicted octanol–water partition coefficient (Wildman–Crippen LogP) is 2.85. The van der Waals surface area contributed by atoms with Gasteiger partial charge in [0.05, 0.1) is 12.1 Å². The molecule has 0 saturated heterocycles. The zero-order chi connectivity index (χ0) is 16.2. The lowest BCUT2D eigenvalue weighted by Crippen LogP contribution is -2.38. The topological polar surface area (TPSA) is 71.3 Å². The second-order valence-electron chi connectivity index (χ2n) is 5.46. The Labute approximate surface area is 134 Å². The van der Waals surface area contributed by atoms with Crippen LogP contribution in [0.25, 0.3) is 5.65 Å². The minimum atomic E-state index is -0.254. The van der Waals surface area contributed by atoms with Crippen molar-refractivity contribution in [3.05, 3.63) is 66.1 Å². The summed E-state index contributed by atoms with van der Waals surface area (Å²) in [6, 6.07) is 15.0. The summed E-state index contributed by atoms with van der Waals surface area (Å²) < 4.78 is 1.87. The summed E-state index contributed by atoms with van der Waals surface area (Å²) in [7, 11) is 0. The van der Waals surface area contributed by atoms with E-state index in [2.05, 4.69) is 20.8 Å². The molecule has 0 saturated carbocycles. The lowest BCUT2D eigenvalue weighted by atomic mass is 10.1. The molecular formula is C17H19N5O. The number of rotatable bonds is 4. The molecule has 1 aromatic carbocycles. The Bertz CT molecular complexity index is 799. The van der Waals surface area contributed by atoms with E-state index in [4.69, 9.17) is 0 Å². The number of benzene rings is 1. The number of hydrogen-bond acceptors (Lipinski definition) is 3. The van der Waals surface area contributed by atoms with Gasteiger partial charge >= 0.3 is 6.03 Å². The van der Waals surface area contributed by atoms with Gasteiger partial charge in [0, 0.05) is 6.20 Å². The number of nitrogens with zero attached hydrogens (tertiary/aromatic N) is 3. The number of amides is 2. The van der Waals surface area contributed by atoms with Gasteiger partial charge in [-0.15, -0.1) is 10.2 Å².